The summed E-state index contributed by atoms with van der Waals surface area (Å²) in [5, 5.41) is 1.66. The normalized spacial score (nSPS) is 16.6. The first-order valence-electron chi connectivity index (χ1n) is 26.2. The number of aromatic nitrogens is 1. The van der Waals surface area contributed by atoms with Crippen molar-refractivity contribution in [1.82, 2.24) is 19.7 Å². The Balaban J connectivity index is 0.000000144. The summed E-state index contributed by atoms with van der Waals surface area (Å²) in [5.74, 6) is -0.989. The molecule has 3 aliphatic rings. The second-order valence-corrected chi connectivity index (χ2v) is 21.7. The molecule has 0 radical (unpaired) electrons. The number of rotatable bonds is 10. The Kier molecular flexibility index (Phi) is 17.6. The first kappa shape index (κ1) is 55.5. The largest absolute Gasteiger partial charge is 0.464 e. The van der Waals surface area contributed by atoms with Gasteiger partial charge in [-0.3, -0.25) is 23.6 Å². The highest BCUT2D eigenvalue weighted by Crippen LogP contribution is 2.32. The van der Waals surface area contributed by atoms with E-state index in [4.69, 9.17) is 18.6 Å². The minimum absolute atomic E-state index is 0.186. The topological polar surface area (TPSA) is 183 Å². The fraction of sp³-hybridized carbons (Fsp3) is 0.274. The van der Waals surface area contributed by atoms with Gasteiger partial charge in [0.15, 0.2) is 0 Å². The van der Waals surface area contributed by atoms with Crippen molar-refractivity contribution < 1.29 is 51.6 Å². The number of carbonyl (C=O) groups excluding carboxylic acids is 6. The number of carbonyl (C=O) groups is 6. The molecule has 3 amide bonds. The fourth-order valence-electron chi connectivity index (χ4n) is 10.2. The number of hydrogen-bond acceptors (Lipinski definition) is 13. The maximum Gasteiger partial charge on any atom is 0.329 e. The van der Waals surface area contributed by atoms with Crippen molar-refractivity contribution >= 4 is 79.6 Å². The van der Waals surface area contributed by atoms with Gasteiger partial charge in [0.05, 0.1) is 56.4 Å². The van der Waals surface area contributed by atoms with Gasteiger partial charge in [-0.05, 0) is 104 Å². The van der Waals surface area contributed by atoms with Crippen molar-refractivity contribution in [2.75, 3.05) is 26.1 Å². The third-order valence-corrected chi connectivity index (χ3v) is 16.6. The van der Waals surface area contributed by atoms with Crippen LogP contribution in [0.25, 0.3) is 21.9 Å². The number of pyridine rings is 1. The van der Waals surface area contributed by atoms with Gasteiger partial charge in [0.25, 0.3) is 17.7 Å². The van der Waals surface area contributed by atoms with E-state index in [0.717, 1.165) is 49.9 Å². The van der Waals surface area contributed by atoms with Crippen LogP contribution in [0, 0.1) is 6.92 Å². The molecule has 4 atom stereocenters. The van der Waals surface area contributed by atoms with Crippen LogP contribution in [0.15, 0.2) is 154 Å². The first-order chi connectivity index (χ1) is 38.3. The smallest absolute Gasteiger partial charge is 0.329 e. The molecule has 8 aromatic rings. The van der Waals surface area contributed by atoms with Gasteiger partial charge in [0.1, 0.15) is 29.5 Å². The van der Waals surface area contributed by atoms with Gasteiger partial charge >= 0.3 is 17.9 Å². The number of furan rings is 1. The molecule has 406 valence electrons. The summed E-state index contributed by atoms with van der Waals surface area (Å²) in [6, 6.07) is 41.7. The van der Waals surface area contributed by atoms with E-state index in [9.17, 15) is 33.0 Å². The summed E-state index contributed by atoms with van der Waals surface area (Å²) in [7, 11) is -1.13. The van der Waals surface area contributed by atoms with E-state index in [2.05, 4.69) is 4.98 Å². The Bertz CT molecular complexity index is 3600. The van der Waals surface area contributed by atoms with Crippen molar-refractivity contribution in [3.63, 3.8) is 0 Å². The molecule has 15 nitrogen and oxygen atoms in total. The van der Waals surface area contributed by atoms with Crippen LogP contribution in [0.1, 0.15) is 90.3 Å². The molecule has 79 heavy (non-hydrogen) atoms. The number of hydrogen-bond donors (Lipinski definition) is 0. The number of fused-ring (bicyclic) bond motifs is 5. The lowest BCUT2D eigenvalue weighted by atomic mass is 9.93. The third kappa shape index (κ3) is 12.2. The van der Waals surface area contributed by atoms with Crippen LogP contribution in [0.5, 0.6) is 0 Å². The first-order valence-corrected chi connectivity index (χ1v) is 28.5. The van der Waals surface area contributed by atoms with Crippen molar-refractivity contribution in [2.24, 2.45) is 0 Å². The lowest BCUT2D eigenvalue weighted by molar-refractivity contribution is -0.149. The number of esters is 3. The van der Waals surface area contributed by atoms with Gasteiger partial charge in [-0.25, -0.2) is 14.4 Å². The zero-order valence-corrected chi connectivity index (χ0v) is 46.2. The number of thiophene rings is 1. The zero-order chi connectivity index (χ0) is 55.7. The number of benzene rings is 5. The third-order valence-electron chi connectivity index (χ3n) is 14.1. The predicted molar refractivity (Wildman–Crippen MR) is 301 cm³/mol. The summed E-state index contributed by atoms with van der Waals surface area (Å²) >= 11 is 1.21. The highest BCUT2D eigenvalue weighted by Gasteiger charge is 2.39. The van der Waals surface area contributed by atoms with Gasteiger partial charge in [-0.1, -0.05) is 97.1 Å². The maximum absolute atomic E-state index is 13.4. The molecule has 0 spiro atoms. The molecular weight excluding hydrogens is 1040 g/mol. The lowest BCUT2D eigenvalue weighted by Crippen LogP contribution is -2.49. The summed E-state index contributed by atoms with van der Waals surface area (Å²) in [6.07, 6.45) is 4.62. The van der Waals surface area contributed by atoms with Gasteiger partial charge in [0, 0.05) is 62.1 Å². The van der Waals surface area contributed by atoms with Crippen LogP contribution in [0.2, 0.25) is 0 Å². The monoisotopic (exact) mass is 1100 g/mol. The van der Waals surface area contributed by atoms with Gasteiger partial charge < -0.3 is 33.3 Å². The van der Waals surface area contributed by atoms with E-state index in [1.54, 1.807) is 78.3 Å². The minimum Gasteiger partial charge on any atom is -0.464 e. The van der Waals surface area contributed by atoms with E-state index in [1.807, 2.05) is 116 Å². The quantitative estimate of drug-likeness (QED) is 0.0935. The second kappa shape index (κ2) is 25.0. The average molecular weight is 1100 g/mol. The molecule has 0 N–H and O–H groups in total. The van der Waals surface area contributed by atoms with Crippen LogP contribution in [0.3, 0.4) is 0 Å². The number of amides is 3. The highest BCUT2D eigenvalue weighted by atomic mass is 32.2. The summed E-state index contributed by atoms with van der Waals surface area (Å²) < 4.78 is 33.6. The molecule has 3 aliphatic heterocycles. The van der Waals surface area contributed by atoms with Crippen molar-refractivity contribution in [2.45, 2.75) is 88.9 Å². The standard InChI is InChI=1S/C22H20N2O3.C22H21NO4.C18H19NO4S2/c1-2-27-22(26)19-13-16-7-3-4-8-17(16)14-24(19)21(25)18-11-5-9-15-10-6-12-23-20(15)18;1-3-26-22(25)19-12-15-7-4-5-8-16(15)13-23(19)21(24)17-9-6-10-20-18(17)11-14(2)27-20;1-3-23-18(21)14-10-12-6-4-5-7-13(12)11-19(14)17(20)15-8-9-16(24-15)25(2)22/h3-12,19H,2,13-14H2,1H3;4-11,19H,3,12-13H2,1-2H3;4-9,14H,3,10-11H2,1-2H3. The van der Waals surface area contributed by atoms with Gasteiger partial charge in [0.2, 0.25) is 0 Å². The van der Waals surface area contributed by atoms with Crippen LogP contribution in [-0.2, 0) is 78.3 Å². The molecule has 0 bridgehead atoms. The summed E-state index contributed by atoms with van der Waals surface area (Å²) in [5.41, 5.74) is 8.72. The maximum atomic E-state index is 13.4. The van der Waals surface area contributed by atoms with Crippen LogP contribution < -0.4 is 0 Å². The van der Waals surface area contributed by atoms with Crippen molar-refractivity contribution in [1.29, 1.82) is 0 Å². The number of para-hydroxylation sites is 1. The molecule has 11 rings (SSSR count). The Labute approximate surface area is 464 Å². The highest BCUT2D eigenvalue weighted by molar-refractivity contribution is 7.86. The van der Waals surface area contributed by atoms with Crippen LogP contribution >= 0.6 is 11.3 Å². The molecule has 6 heterocycles. The van der Waals surface area contributed by atoms with Gasteiger partial charge in [-0.15, -0.1) is 11.3 Å². The Hall–Kier alpha value is -8.28. The van der Waals surface area contributed by atoms with Crippen LogP contribution in [0.4, 0.5) is 0 Å². The lowest BCUT2D eigenvalue weighted by Gasteiger charge is -2.35. The second-order valence-electron chi connectivity index (χ2n) is 19.0. The predicted octanol–water partition coefficient (Wildman–Crippen LogP) is 9.85. The fourth-order valence-corrected chi connectivity index (χ4v) is 11.9. The number of nitrogens with zero attached hydrogens (tertiary/aromatic N) is 4. The molecule has 4 unspecified atom stereocenters. The van der Waals surface area contributed by atoms with Crippen molar-refractivity contribution in [3.8, 4) is 0 Å². The molecule has 5 aromatic carbocycles. The number of aryl methyl sites for hydroxylation is 1. The summed E-state index contributed by atoms with van der Waals surface area (Å²) in [6.45, 7) is 9.12. The van der Waals surface area contributed by atoms with E-state index >= 15 is 0 Å². The van der Waals surface area contributed by atoms with Crippen molar-refractivity contribution in [3.05, 3.63) is 201 Å². The Morgan fingerprint density at radius 3 is 1.48 bits per heavy atom. The molecule has 0 saturated heterocycles. The van der Waals surface area contributed by atoms with E-state index < -0.39 is 28.9 Å². The molecule has 0 fully saturated rings. The SMILES string of the molecule is CCOC(=O)C1Cc2ccccc2CN1C(=O)c1ccc(S(C)=O)s1.CCOC(=O)C1Cc2ccccc2CN1C(=O)c1cccc2cccnc12.CCOC(=O)C1Cc2ccccc2CN1C(=O)c1cccc2oc(C)cc12. The minimum atomic E-state index is -1.13. The van der Waals surface area contributed by atoms with E-state index in [-0.39, 0.29) is 55.5 Å². The molecule has 17 heteroatoms. The van der Waals surface area contributed by atoms with Crippen LogP contribution in [-0.4, -0.2) is 104 Å². The van der Waals surface area contributed by atoms with Gasteiger partial charge in [-0.2, -0.15) is 0 Å². The number of ether oxygens (including phenoxy) is 3. The van der Waals surface area contributed by atoms with E-state index in [1.165, 1.54) is 11.3 Å². The molecule has 3 aromatic heterocycles. The Morgan fingerprint density at radius 1 is 0.557 bits per heavy atom. The molecule has 0 aliphatic carbocycles. The molecular formula is C62H60N4O11S2. The van der Waals surface area contributed by atoms with E-state index in [0.29, 0.717) is 70.2 Å². The molecule has 0 saturated carbocycles. The average Bonchev–Trinajstić information content (AvgIpc) is 4.25. The Morgan fingerprint density at radius 2 is 1.00 bits per heavy atom. The zero-order valence-electron chi connectivity index (χ0n) is 44.5. The summed E-state index contributed by atoms with van der Waals surface area (Å²) in [4.78, 5) is 87.1.